The highest BCUT2D eigenvalue weighted by Crippen LogP contribution is 2.35. The fraction of sp³-hybridized carbons (Fsp3) is 0.318. The van der Waals surface area contributed by atoms with E-state index in [1.165, 1.54) is 0 Å². The Bertz CT molecular complexity index is 1160. The van der Waals surface area contributed by atoms with Crippen LogP contribution in [0.15, 0.2) is 42.5 Å². The zero-order valence-corrected chi connectivity index (χ0v) is 19.0. The summed E-state index contributed by atoms with van der Waals surface area (Å²) in [5.41, 5.74) is 0.239. The molecule has 11 heteroatoms. The van der Waals surface area contributed by atoms with Crippen LogP contribution in [0.5, 0.6) is 0 Å². The Morgan fingerprint density at radius 2 is 1.88 bits per heavy atom. The molecule has 6 nitrogen and oxygen atoms in total. The van der Waals surface area contributed by atoms with Crippen LogP contribution in [0, 0.1) is 6.92 Å². The number of carbonyl (C=O) groups excluding carboxylic acids is 1. The molecule has 3 aromatic rings. The molecule has 1 aliphatic heterocycles. The van der Waals surface area contributed by atoms with Crippen molar-refractivity contribution in [2.75, 3.05) is 11.9 Å². The van der Waals surface area contributed by atoms with Crippen LogP contribution in [0.25, 0.3) is 0 Å². The van der Waals surface area contributed by atoms with Gasteiger partial charge in [-0.05, 0) is 55.7 Å². The minimum atomic E-state index is -4.52. The van der Waals surface area contributed by atoms with Crippen LogP contribution in [-0.4, -0.2) is 32.2 Å². The summed E-state index contributed by atoms with van der Waals surface area (Å²) in [6.07, 6.45) is -3.07. The smallest absolute Gasteiger partial charge is 0.314 e. The maximum Gasteiger partial charge on any atom is 0.416 e. The van der Waals surface area contributed by atoms with E-state index in [4.69, 9.17) is 23.2 Å². The lowest BCUT2D eigenvalue weighted by Crippen LogP contribution is -2.35. The van der Waals surface area contributed by atoms with Gasteiger partial charge in [-0.2, -0.15) is 13.2 Å². The molecule has 2 aromatic carbocycles. The third-order valence-electron chi connectivity index (χ3n) is 5.57. The Hall–Kier alpha value is -2.78. The lowest BCUT2D eigenvalue weighted by molar-refractivity contribution is -0.137. The van der Waals surface area contributed by atoms with Crippen molar-refractivity contribution in [1.29, 1.82) is 0 Å². The summed E-state index contributed by atoms with van der Waals surface area (Å²) in [5.74, 6) is 1.35. The maximum absolute atomic E-state index is 13.0. The van der Waals surface area contributed by atoms with Gasteiger partial charge >= 0.3 is 12.2 Å². The molecule has 33 heavy (non-hydrogen) atoms. The van der Waals surface area contributed by atoms with Gasteiger partial charge in [-0.15, -0.1) is 10.2 Å². The van der Waals surface area contributed by atoms with Gasteiger partial charge in [0.2, 0.25) is 0 Å². The van der Waals surface area contributed by atoms with Gasteiger partial charge in [0, 0.05) is 11.6 Å². The minimum Gasteiger partial charge on any atom is -0.314 e. The van der Waals surface area contributed by atoms with Crippen molar-refractivity contribution in [2.45, 2.75) is 38.5 Å². The summed E-state index contributed by atoms with van der Waals surface area (Å²) in [4.78, 5) is 14.6. The van der Waals surface area contributed by atoms with Crippen LogP contribution in [0.4, 0.5) is 23.7 Å². The van der Waals surface area contributed by atoms with E-state index in [9.17, 15) is 18.0 Å². The average Bonchev–Trinajstić information content (AvgIpc) is 3.37. The van der Waals surface area contributed by atoms with E-state index in [2.05, 4.69) is 15.5 Å². The van der Waals surface area contributed by atoms with Crippen LogP contribution in [0.3, 0.4) is 0 Å². The van der Waals surface area contributed by atoms with E-state index in [0.29, 0.717) is 36.2 Å². The zero-order chi connectivity index (χ0) is 23.8. The van der Waals surface area contributed by atoms with Gasteiger partial charge in [0.25, 0.3) is 0 Å². The molecular weight excluding hydrogens is 478 g/mol. The van der Waals surface area contributed by atoms with Gasteiger partial charge in [0.1, 0.15) is 5.82 Å². The van der Waals surface area contributed by atoms with Crippen LogP contribution in [-0.2, 0) is 12.7 Å². The number of hydrogen-bond donors (Lipinski definition) is 1. The van der Waals surface area contributed by atoms with Crippen molar-refractivity contribution in [1.82, 2.24) is 19.7 Å². The number of carbonyl (C=O) groups is 1. The number of nitrogens with one attached hydrogen (secondary N) is 1. The number of rotatable bonds is 4. The predicted molar refractivity (Wildman–Crippen MR) is 119 cm³/mol. The van der Waals surface area contributed by atoms with E-state index in [0.717, 1.165) is 30.2 Å². The molecule has 0 spiro atoms. The number of benzene rings is 2. The number of aromatic nitrogens is 3. The van der Waals surface area contributed by atoms with Crippen LogP contribution in [0.1, 0.15) is 41.7 Å². The topological polar surface area (TPSA) is 63.1 Å². The number of nitrogens with zero attached hydrogens (tertiary/aromatic N) is 4. The van der Waals surface area contributed by atoms with E-state index in [1.807, 2.05) is 23.6 Å². The largest absolute Gasteiger partial charge is 0.416 e. The minimum absolute atomic E-state index is 0.110. The summed E-state index contributed by atoms with van der Waals surface area (Å²) < 4.78 is 40.6. The highest BCUT2D eigenvalue weighted by molar-refractivity contribution is 6.33. The molecule has 0 aliphatic carbocycles. The SMILES string of the molecule is Cc1nnc([C@H]2CCCN2C(=O)Nc2ccc(C(F)(F)F)cc2Cl)n1Cc1ccc(Cl)cc1. The molecule has 1 N–H and O–H groups in total. The van der Waals surface area contributed by atoms with E-state index in [-0.39, 0.29) is 16.8 Å². The number of likely N-dealkylation sites (tertiary alicyclic amines) is 1. The van der Waals surface area contributed by atoms with Gasteiger partial charge in [0.05, 0.1) is 28.9 Å². The normalized spacial score (nSPS) is 16.3. The standard InChI is InChI=1S/C22H20Cl2F3N5O/c1-13-29-30-20(32(13)12-14-4-7-16(23)8-5-14)19-3-2-10-31(19)21(33)28-18-9-6-15(11-17(18)24)22(25,26)27/h4-9,11,19H,2-3,10,12H2,1H3,(H,28,33)/t19-/m1/s1. The first-order valence-electron chi connectivity index (χ1n) is 10.2. The first-order valence-corrected chi connectivity index (χ1v) is 11.0. The number of halogens is 5. The number of anilines is 1. The number of hydrogen-bond acceptors (Lipinski definition) is 3. The van der Waals surface area contributed by atoms with Crippen molar-refractivity contribution in [3.63, 3.8) is 0 Å². The van der Waals surface area contributed by atoms with Crippen molar-refractivity contribution in [3.05, 3.63) is 75.3 Å². The second-order valence-electron chi connectivity index (χ2n) is 7.79. The van der Waals surface area contributed by atoms with Crippen LogP contribution < -0.4 is 5.32 Å². The van der Waals surface area contributed by atoms with Crippen molar-refractivity contribution < 1.29 is 18.0 Å². The van der Waals surface area contributed by atoms with Crippen LogP contribution >= 0.6 is 23.2 Å². The Balaban J connectivity index is 1.54. The molecule has 0 bridgehead atoms. The van der Waals surface area contributed by atoms with Gasteiger partial charge < -0.3 is 14.8 Å². The van der Waals surface area contributed by atoms with Crippen LogP contribution in [0.2, 0.25) is 10.0 Å². The van der Waals surface area contributed by atoms with E-state index in [1.54, 1.807) is 17.0 Å². The maximum atomic E-state index is 13.0. The molecule has 0 unspecified atom stereocenters. The Morgan fingerprint density at radius 3 is 2.55 bits per heavy atom. The summed E-state index contributed by atoms with van der Waals surface area (Å²) >= 11 is 12.0. The summed E-state index contributed by atoms with van der Waals surface area (Å²) in [7, 11) is 0. The molecule has 2 heterocycles. The Labute approximate surface area is 198 Å². The Kier molecular flexibility index (Phi) is 6.54. The third-order valence-corrected chi connectivity index (χ3v) is 6.13. The van der Waals surface area contributed by atoms with Crippen molar-refractivity contribution >= 4 is 34.9 Å². The highest BCUT2D eigenvalue weighted by atomic mass is 35.5. The molecule has 1 saturated heterocycles. The first-order chi connectivity index (χ1) is 15.6. The molecule has 0 saturated carbocycles. The second kappa shape index (κ2) is 9.23. The molecule has 4 rings (SSSR count). The van der Waals surface area contributed by atoms with Gasteiger partial charge in [-0.1, -0.05) is 35.3 Å². The summed E-state index contributed by atoms with van der Waals surface area (Å²) in [6.45, 7) is 2.83. The lowest BCUT2D eigenvalue weighted by atomic mass is 10.2. The Morgan fingerprint density at radius 1 is 1.15 bits per heavy atom. The van der Waals surface area contributed by atoms with Gasteiger partial charge in [-0.3, -0.25) is 0 Å². The highest BCUT2D eigenvalue weighted by Gasteiger charge is 2.35. The molecule has 174 valence electrons. The van der Waals surface area contributed by atoms with E-state index >= 15 is 0 Å². The molecule has 1 aromatic heterocycles. The molecule has 2 amide bonds. The number of amides is 2. The molecule has 1 atom stereocenters. The quantitative estimate of drug-likeness (QED) is 0.458. The number of alkyl halides is 3. The first kappa shape index (κ1) is 23.4. The fourth-order valence-electron chi connectivity index (χ4n) is 3.87. The monoisotopic (exact) mass is 497 g/mol. The molecule has 1 fully saturated rings. The summed E-state index contributed by atoms with van der Waals surface area (Å²) in [5, 5.41) is 11.6. The second-order valence-corrected chi connectivity index (χ2v) is 8.64. The number of aryl methyl sites for hydroxylation is 1. The van der Waals surface area contributed by atoms with Crippen molar-refractivity contribution in [2.24, 2.45) is 0 Å². The molecule has 1 aliphatic rings. The average molecular weight is 498 g/mol. The predicted octanol–water partition coefficient (Wildman–Crippen LogP) is 6.33. The number of urea groups is 1. The van der Waals surface area contributed by atoms with Crippen molar-refractivity contribution in [3.8, 4) is 0 Å². The lowest BCUT2D eigenvalue weighted by Gasteiger charge is -2.25. The zero-order valence-electron chi connectivity index (χ0n) is 17.5. The molecular formula is C22H20Cl2F3N5O. The van der Waals surface area contributed by atoms with Gasteiger partial charge in [0.15, 0.2) is 5.82 Å². The molecule has 0 radical (unpaired) electrons. The fourth-order valence-corrected chi connectivity index (χ4v) is 4.22. The van der Waals surface area contributed by atoms with Gasteiger partial charge in [-0.25, -0.2) is 4.79 Å². The third kappa shape index (κ3) is 5.09. The summed E-state index contributed by atoms with van der Waals surface area (Å²) in [6, 6.07) is 9.48. The van der Waals surface area contributed by atoms with E-state index < -0.39 is 17.8 Å².